The number of rotatable bonds is 4. The van der Waals surface area contributed by atoms with Gasteiger partial charge in [0.25, 0.3) is 0 Å². The molecule has 0 amide bonds. The van der Waals surface area contributed by atoms with Gasteiger partial charge >= 0.3 is 0 Å². The van der Waals surface area contributed by atoms with Gasteiger partial charge in [0.1, 0.15) is 0 Å². The Morgan fingerprint density at radius 3 is 3.05 bits per heavy atom. The van der Waals surface area contributed by atoms with Gasteiger partial charge in [0, 0.05) is 5.92 Å². The van der Waals surface area contributed by atoms with Gasteiger partial charge in [-0.3, -0.25) is 0 Å². The molecule has 1 aromatic heterocycles. The summed E-state index contributed by atoms with van der Waals surface area (Å²) in [6.07, 6.45) is 2.43. The van der Waals surface area contributed by atoms with Crippen LogP contribution in [0.25, 0.3) is 0 Å². The quantitative estimate of drug-likeness (QED) is 0.927. The molecule has 3 atom stereocenters. The highest BCUT2D eigenvalue weighted by molar-refractivity contribution is 5.42. The summed E-state index contributed by atoms with van der Waals surface area (Å²) in [6.45, 7) is 3.66. The smallest absolute Gasteiger partial charge is 0.230 e. The first-order valence-electron chi connectivity index (χ1n) is 7.49. The van der Waals surface area contributed by atoms with E-state index in [1.54, 1.807) is 0 Å². The monoisotopic (exact) mass is 269 g/mol. The molecule has 0 bridgehead atoms. The van der Waals surface area contributed by atoms with Gasteiger partial charge < -0.3 is 9.73 Å². The van der Waals surface area contributed by atoms with Crippen molar-refractivity contribution in [3.63, 3.8) is 0 Å². The Kier molecular flexibility index (Phi) is 2.84. The molecule has 1 fully saturated rings. The van der Waals surface area contributed by atoms with E-state index in [0.717, 1.165) is 12.4 Å². The summed E-state index contributed by atoms with van der Waals surface area (Å²) < 4.78 is 5.83. The highest BCUT2D eigenvalue weighted by Crippen LogP contribution is 2.64. The zero-order valence-corrected chi connectivity index (χ0v) is 11.7. The van der Waals surface area contributed by atoms with Crippen LogP contribution in [0.3, 0.4) is 0 Å². The Hall–Kier alpha value is -1.68. The molecular weight excluding hydrogens is 250 g/mol. The van der Waals surface area contributed by atoms with Crippen molar-refractivity contribution in [2.24, 2.45) is 5.92 Å². The van der Waals surface area contributed by atoms with Gasteiger partial charge in [0.2, 0.25) is 11.8 Å². The maximum atomic E-state index is 5.83. The highest BCUT2D eigenvalue weighted by Gasteiger charge is 2.56. The van der Waals surface area contributed by atoms with E-state index in [1.165, 1.54) is 24.0 Å². The predicted octanol–water partition coefficient (Wildman–Crippen LogP) is 2.62. The fraction of sp³-hybridized carbons (Fsp3) is 0.500. The summed E-state index contributed by atoms with van der Waals surface area (Å²) >= 11 is 0. The second-order valence-electron chi connectivity index (χ2n) is 5.77. The maximum Gasteiger partial charge on any atom is 0.230 e. The SMILES string of the molecule is CCNCc1nnc(C2C3CCc4ccccc4C32)o1. The molecule has 0 saturated heterocycles. The van der Waals surface area contributed by atoms with Crippen molar-refractivity contribution in [2.45, 2.75) is 38.1 Å². The minimum atomic E-state index is 0.446. The third-order valence-electron chi connectivity index (χ3n) is 4.62. The van der Waals surface area contributed by atoms with Crippen molar-refractivity contribution in [3.05, 3.63) is 47.2 Å². The second-order valence-corrected chi connectivity index (χ2v) is 5.77. The molecule has 1 N–H and O–H groups in total. The molecule has 4 heteroatoms. The van der Waals surface area contributed by atoms with Gasteiger partial charge in [0.15, 0.2) is 0 Å². The lowest BCUT2D eigenvalue weighted by Crippen LogP contribution is -2.11. The van der Waals surface area contributed by atoms with Crippen LogP contribution >= 0.6 is 0 Å². The Bertz CT molecular complexity index is 622. The molecule has 4 nitrogen and oxygen atoms in total. The summed E-state index contributed by atoms with van der Waals surface area (Å²) in [5.74, 6) is 3.30. The van der Waals surface area contributed by atoms with E-state index in [-0.39, 0.29) is 0 Å². The van der Waals surface area contributed by atoms with E-state index >= 15 is 0 Å². The normalized spacial score (nSPS) is 26.9. The van der Waals surface area contributed by atoms with Crippen molar-refractivity contribution in [1.82, 2.24) is 15.5 Å². The third-order valence-corrected chi connectivity index (χ3v) is 4.62. The third kappa shape index (κ3) is 1.86. The lowest BCUT2D eigenvalue weighted by atomic mass is 9.92. The second kappa shape index (κ2) is 4.70. The van der Waals surface area contributed by atoms with Crippen LogP contribution in [0, 0.1) is 5.92 Å². The lowest BCUT2D eigenvalue weighted by Gasteiger charge is -2.13. The minimum Gasteiger partial charge on any atom is -0.424 e. The number of nitrogens with zero attached hydrogens (tertiary/aromatic N) is 2. The highest BCUT2D eigenvalue weighted by atomic mass is 16.4. The fourth-order valence-corrected chi connectivity index (χ4v) is 3.61. The average molecular weight is 269 g/mol. The molecule has 20 heavy (non-hydrogen) atoms. The van der Waals surface area contributed by atoms with Crippen LogP contribution in [0.1, 0.15) is 48.1 Å². The molecule has 2 aliphatic rings. The van der Waals surface area contributed by atoms with Gasteiger partial charge in [-0.2, -0.15) is 0 Å². The molecule has 0 aliphatic heterocycles. The molecule has 2 aliphatic carbocycles. The van der Waals surface area contributed by atoms with Gasteiger partial charge in [-0.1, -0.05) is 31.2 Å². The number of aryl methyl sites for hydroxylation is 1. The molecule has 0 radical (unpaired) electrons. The van der Waals surface area contributed by atoms with Crippen LogP contribution in [0.2, 0.25) is 0 Å². The van der Waals surface area contributed by atoms with Gasteiger partial charge in [-0.15, -0.1) is 10.2 Å². The summed E-state index contributed by atoms with van der Waals surface area (Å²) in [5.41, 5.74) is 3.00. The van der Waals surface area contributed by atoms with Crippen LogP contribution < -0.4 is 5.32 Å². The number of hydrogen-bond acceptors (Lipinski definition) is 4. The Morgan fingerprint density at radius 2 is 2.15 bits per heavy atom. The van der Waals surface area contributed by atoms with Crippen molar-refractivity contribution in [1.29, 1.82) is 0 Å². The predicted molar refractivity (Wildman–Crippen MR) is 75.4 cm³/mol. The zero-order chi connectivity index (χ0) is 13.5. The number of fused-ring (bicyclic) bond motifs is 3. The molecule has 1 saturated carbocycles. The van der Waals surface area contributed by atoms with E-state index in [4.69, 9.17) is 4.42 Å². The molecular formula is C16H19N3O. The summed E-state index contributed by atoms with van der Waals surface area (Å²) in [5, 5.41) is 11.6. The van der Waals surface area contributed by atoms with Crippen LogP contribution in [0.4, 0.5) is 0 Å². The van der Waals surface area contributed by atoms with Crippen LogP contribution in [-0.2, 0) is 13.0 Å². The zero-order valence-electron chi connectivity index (χ0n) is 11.7. The topological polar surface area (TPSA) is 51.0 Å². The average Bonchev–Trinajstić information content (AvgIpc) is 3.06. The number of hydrogen-bond donors (Lipinski definition) is 1. The summed E-state index contributed by atoms with van der Waals surface area (Å²) in [7, 11) is 0. The molecule has 104 valence electrons. The van der Waals surface area contributed by atoms with Crippen molar-refractivity contribution in [2.75, 3.05) is 6.54 Å². The van der Waals surface area contributed by atoms with E-state index < -0.39 is 0 Å². The fourth-order valence-electron chi connectivity index (χ4n) is 3.61. The first kappa shape index (κ1) is 12.1. The van der Waals surface area contributed by atoms with Gasteiger partial charge in [-0.05, 0) is 42.3 Å². The van der Waals surface area contributed by atoms with E-state index in [9.17, 15) is 0 Å². The van der Waals surface area contributed by atoms with Crippen LogP contribution in [-0.4, -0.2) is 16.7 Å². The lowest BCUT2D eigenvalue weighted by molar-refractivity contribution is 0.429. The summed E-state index contributed by atoms with van der Waals surface area (Å²) in [4.78, 5) is 0. The molecule has 0 spiro atoms. The number of nitrogens with one attached hydrogen (secondary N) is 1. The summed E-state index contributed by atoms with van der Waals surface area (Å²) in [6, 6.07) is 8.80. The van der Waals surface area contributed by atoms with Crippen LogP contribution in [0.5, 0.6) is 0 Å². The Balaban J connectivity index is 1.56. The van der Waals surface area contributed by atoms with E-state index in [1.807, 2.05) is 0 Å². The van der Waals surface area contributed by atoms with Crippen molar-refractivity contribution < 1.29 is 4.42 Å². The van der Waals surface area contributed by atoms with E-state index in [0.29, 0.717) is 30.2 Å². The first-order chi connectivity index (χ1) is 9.88. The first-order valence-corrected chi connectivity index (χ1v) is 7.49. The molecule has 1 heterocycles. The van der Waals surface area contributed by atoms with Crippen molar-refractivity contribution in [3.8, 4) is 0 Å². The van der Waals surface area contributed by atoms with E-state index in [2.05, 4.69) is 46.7 Å². The standard InChI is InChI=1S/C16H19N3O/c1-2-17-9-13-18-19-16(20-13)15-12-8-7-10-5-3-4-6-11(10)14(12)15/h3-6,12,14-15,17H,2,7-9H2,1H3. The Morgan fingerprint density at radius 1 is 1.25 bits per heavy atom. The van der Waals surface area contributed by atoms with Gasteiger partial charge in [0.05, 0.1) is 6.54 Å². The molecule has 1 aromatic carbocycles. The maximum absolute atomic E-state index is 5.83. The molecule has 2 aromatic rings. The molecule has 4 rings (SSSR count). The largest absolute Gasteiger partial charge is 0.424 e. The number of benzene rings is 1. The minimum absolute atomic E-state index is 0.446. The van der Waals surface area contributed by atoms with Crippen LogP contribution in [0.15, 0.2) is 28.7 Å². The van der Waals surface area contributed by atoms with Gasteiger partial charge in [-0.25, -0.2) is 0 Å². The number of aromatic nitrogens is 2. The van der Waals surface area contributed by atoms with Crippen molar-refractivity contribution >= 4 is 0 Å². The molecule has 3 unspecified atom stereocenters. The Labute approximate surface area is 118 Å².